The van der Waals surface area contributed by atoms with Gasteiger partial charge in [-0.2, -0.15) is 0 Å². The molecule has 0 amide bonds. The highest BCUT2D eigenvalue weighted by Crippen LogP contribution is 2.27. The molecule has 0 bridgehead atoms. The zero-order valence-electron chi connectivity index (χ0n) is 13.0. The fraction of sp³-hybridized carbons (Fsp3) is 0.333. The Labute approximate surface area is 126 Å². The average molecular weight is 285 g/mol. The molecular formula is C18H23NO2. The topological polar surface area (TPSA) is 30.5 Å². The van der Waals surface area contributed by atoms with Crippen molar-refractivity contribution >= 4 is 0 Å². The molecule has 0 atom stereocenters. The molecular weight excluding hydrogens is 262 g/mol. The van der Waals surface area contributed by atoms with Crippen LogP contribution in [0.1, 0.15) is 24.5 Å². The Bertz CT molecular complexity index is 564. The molecule has 0 aliphatic heterocycles. The first-order chi connectivity index (χ1) is 10.2. The summed E-state index contributed by atoms with van der Waals surface area (Å²) in [7, 11) is 1.94. The van der Waals surface area contributed by atoms with Gasteiger partial charge in [0.05, 0.1) is 6.61 Å². The zero-order valence-corrected chi connectivity index (χ0v) is 13.0. The van der Waals surface area contributed by atoms with Crippen LogP contribution >= 0.6 is 0 Å². The van der Waals surface area contributed by atoms with Crippen LogP contribution in [0.4, 0.5) is 0 Å². The van der Waals surface area contributed by atoms with Gasteiger partial charge in [-0.3, -0.25) is 0 Å². The summed E-state index contributed by atoms with van der Waals surface area (Å²) >= 11 is 0. The first-order valence-electron chi connectivity index (χ1n) is 7.37. The molecule has 0 saturated heterocycles. The SMILES string of the molecule is CCCOc1ccc(Oc2ccc(C)cc2CNC)cc1. The van der Waals surface area contributed by atoms with Crippen molar-refractivity contribution in [1.29, 1.82) is 0 Å². The highest BCUT2D eigenvalue weighted by Gasteiger charge is 2.05. The van der Waals surface area contributed by atoms with E-state index in [1.807, 2.05) is 37.4 Å². The molecule has 112 valence electrons. The Balaban J connectivity index is 2.10. The van der Waals surface area contributed by atoms with Crippen molar-refractivity contribution in [2.45, 2.75) is 26.8 Å². The van der Waals surface area contributed by atoms with Crippen molar-refractivity contribution in [3.05, 3.63) is 53.6 Å². The average Bonchev–Trinajstić information content (AvgIpc) is 2.49. The highest BCUT2D eigenvalue weighted by atomic mass is 16.5. The summed E-state index contributed by atoms with van der Waals surface area (Å²) in [5.41, 5.74) is 2.39. The molecule has 0 radical (unpaired) electrons. The number of ether oxygens (including phenoxy) is 2. The monoisotopic (exact) mass is 285 g/mol. The lowest BCUT2D eigenvalue weighted by atomic mass is 10.1. The number of nitrogens with one attached hydrogen (secondary N) is 1. The van der Waals surface area contributed by atoms with Crippen LogP contribution in [0.3, 0.4) is 0 Å². The van der Waals surface area contributed by atoms with Crippen molar-refractivity contribution in [3.8, 4) is 17.2 Å². The van der Waals surface area contributed by atoms with Gasteiger partial charge in [-0.15, -0.1) is 0 Å². The second-order valence-electron chi connectivity index (χ2n) is 5.06. The standard InChI is InChI=1S/C18H23NO2/c1-4-11-20-16-6-8-17(9-7-16)21-18-10-5-14(2)12-15(18)13-19-3/h5-10,12,19H,4,11,13H2,1-3H3. The Kier molecular flexibility index (Phi) is 5.64. The lowest BCUT2D eigenvalue weighted by molar-refractivity contribution is 0.317. The first kappa shape index (κ1) is 15.4. The van der Waals surface area contributed by atoms with Gasteiger partial charge in [-0.1, -0.05) is 24.6 Å². The van der Waals surface area contributed by atoms with Gasteiger partial charge in [-0.25, -0.2) is 0 Å². The molecule has 0 heterocycles. The van der Waals surface area contributed by atoms with E-state index in [-0.39, 0.29) is 0 Å². The Hall–Kier alpha value is -2.00. The van der Waals surface area contributed by atoms with Crippen molar-refractivity contribution in [2.24, 2.45) is 0 Å². The van der Waals surface area contributed by atoms with Gasteiger partial charge in [0.2, 0.25) is 0 Å². The van der Waals surface area contributed by atoms with Gasteiger partial charge < -0.3 is 14.8 Å². The van der Waals surface area contributed by atoms with Gasteiger partial charge in [0.15, 0.2) is 0 Å². The second-order valence-corrected chi connectivity index (χ2v) is 5.06. The van der Waals surface area contributed by atoms with E-state index >= 15 is 0 Å². The molecule has 0 fully saturated rings. The minimum atomic E-state index is 0.741. The molecule has 1 N–H and O–H groups in total. The highest BCUT2D eigenvalue weighted by molar-refractivity contribution is 5.41. The van der Waals surface area contributed by atoms with Crippen molar-refractivity contribution in [2.75, 3.05) is 13.7 Å². The number of hydrogen-bond acceptors (Lipinski definition) is 3. The Morgan fingerprint density at radius 2 is 1.71 bits per heavy atom. The lowest BCUT2D eigenvalue weighted by Crippen LogP contribution is -2.06. The number of rotatable bonds is 7. The maximum absolute atomic E-state index is 5.98. The molecule has 21 heavy (non-hydrogen) atoms. The molecule has 2 aromatic rings. The summed E-state index contributed by atoms with van der Waals surface area (Å²) in [4.78, 5) is 0. The van der Waals surface area contributed by atoms with Crippen LogP contribution in [0.15, 0.2) is 42.5 Å². The zero-order chi connectivity index (χ0) is 15.1. The minimum Gasteiger partial charge on any atom is -0.494 e. The summed E-state index contributed by atoms with van der Waals surface area (Å²) in [6, 6.07) is 14.0. The Morgan fingerprint density at radius 1 is 1.00 bits per heavy atom. The van der Waals surface area contributed by atoms with Gasteiger partial charge in [-0.05, 0) is 50.7 Å². The number of aryl methyl sites for hydroxylation is 1. The van der Waals surface area contributed by atoms with Crippen molar-refractivity contribution < 1.29 is 9.47 Å². The molecule has 3 nitrogen and oxygen atoms in total. The van der Waals surface area contributed by atoms with E-state index in [9.17, 15) is 0 Å². The van der Waals surface area contributed by atoms with E-state index < -0.39 is 0 Å². The molecule has 2 aromatic carbocycles. The molecule has 0 saturated carbocycles. The van der Waals surface area contributed by atoms with Gasteiger partial charge >= 0.3 is 0 Å². The third-order valence-electron chi connectivity index (χ3n) is 3.11. The van der Waals surface area contributed by atoms with E-state index in [2.05, 4.69) is 31.3 Å². The first-order valence-corrected chi connectivity index (χ1v) is 7.37. The predicted octanol–water partition coefficient (Wildman–Crippen LogP) is 4.30. The van der Waals surface area contributed by atoms with E-state index in [4.69, 9.17) is 9.47 Å². The van der Waals surface area contributed by atoms with Crippen LogP contribution in [0.5, 0.6) is 17.2 Å². The van der Waals surface area contributed by atoms with Gasteiger partial charge in [0, 0.05) is 12.1 Å². The molecule has 2 rings (SSSR count). The Morgan fingerprint density at radius 3 is 2.38 bits per heavy atom. The van der Waals surface area contributed by atoms with Crippen LogP contribution in [-0.4, -0.2) is 13.7 Å². The molecule has 3 heteroatoms. The maximum Gasteiger partial charge on any atom is 0.131 e. The molecule has 0 aliphatic rings. The summed E-state index contributed by atoms with van der Waals surface area (Å²) < 4.78 is 11.6. The molecule has 0 spiro atoms. The predicted molar refractivity (Wildman–Crippen MR) is 86.2 cm³/mol. The van der Waals surface area contributed by atoms with Crippen LogP contribution < -0.4 is 14.8 Å². The van der Waals surface area contributed by atoms with E-state index in [1.165, 1.54) is 5.56 Å². The molecule has 0 unspecified atom stereocenters. The fourth-order valence-corrected chi connectivity index (χ4v) is 2.09. The maximum atomic E-state index is 5.98. The van der Waals surface area contributed by atoms with Crippen LogP contribution in [0, 0.1) is 6.92 Å². The second kappa shape index (κ2) is 7.70. The number of hydrogen-bond donors (Lipinski definition) is 1. The van der Waals surface area contributed by atoms with Crippen LogP contribution in [-0.2, 0) is 6.54 Å². The van der Waals surface area contributed by atoms with Crippen molar-refractivity contribution in [1.82, 2.24) is 5.32 Å². The van der Waals surface area contributed by atoms with Gasteiger partial charge in [0.25, 0.3) is 0 Å². The van der Waals surface area contributed by atoms with E-state index in [0.29, 0.717) is 0 Å². The quantitative estimate of drug-likeness (QED) is 0.823. The van der Waals surface area contributed by atoms with Crippen LogP contribution in [0.2, 0.25) is 0 Å². The fourth-order valence-electron chi connectivity index (χ4n) is 2.09. The molecule has 0 aliphatic carbocycles. The molecule has 0 aromatic heterocycles. The van der Waals surface area contributed by atoms with Crippen molar-refractivity contribution in [3.63, 3.8) is 0 Å². The minimum absolute atomic E-state index is 0.741. The summed E-state index contributed by atoms with van der Waals surface area (Å²) in [6.07, 6.45) is 1.01. The summed E-state index contributed by atoms with van der Waals surface area (Å²) in [6.45, 7) is 5.71. The number of benzene rings is 2. The summed E-state index contributed by atoms with van der Waals surface area (Å²) in [5, 5.41) is 3.17. The van der Waals surface area contributed by atoms with E-state index in [1.54, 1.807) is 0 Å². The lowest BCUT2D eigenvalue weighted by Gasteiger charge is -2.12. The smallest absolute Gasteiger partial charge is 0.131 e. The largest absolute Gasteiger partial charge is 0.494 e. The van der Waals surface area contributed by atoms with Crippen LogP contribution in [0.25, 0.3) is 0 Å². The third kappa shape index (κ3) is 4.50. The van der Waals surface area contributed by atoms with Gasteiger partial charge in [0.1, 0.15) is 17.2 Å². The van der Waals surface area contributed by atoms with E-state index in [0.717, 1.165) is 42.4 Å². The normalized spacial score (nSPS) is 10.4. The summed E-state index contributed by atoms with van der Waals surface area (Å²) in [5.74, 6) is 2.58. The third-order valence-corrected chi connectivity index (χ3v) is 3.11.